The second-order valence-electron chi connectivity index (χ2n) is 13.2. The summed E-state index contributed by atoms with van der Waals surface area (Å²) in [6.45, 7) is 19.1. The SMILES string of the molecule is C=CC[C@@](C=NC)(c1ccc(Cl)c(Cl)c1)N(C)C(=O)OC(C)(C)C.C=CC[C@@](CNC)(c1ccc(Cl)c(Cl)c1)N(C)C(=O)OC(C)(C)C.CO.[B].[H-].[Na+]. The van der Waals surface area contributed by atoms with Crippen molar-refractivity contribution < 1.29 is 55.2 Å². The number of ether oxygens (including phenoxy) is 2. The van der Waals surface area contributed by atoms with Gasteiger partial charge in [0.1, 0.15) is 16.7 Å². The molecule has 285 valence electrons. The van der Waals surface area contributed by atoms with Crippen LogP contribution in [0.2, 0.25) is 20.1 Å². The van der Waals surface area contributed by atoms with Gasteiger partial charge in [-0.15, -0.1) is 13.2 Å². The maximum Gasteiger partial charge on any atom is 1.00 e. The fraction of sp³-hybridized carbons (Fsp3) is 0.486. The Morgan fingerprint density at radius 3 is 1.58 bits per heavy atom. The van der Waals surface area contributed by atoms with E-state index < -0.39 is 34.5 Å². The molecular formula is C37H55BCl4N4NaO5. The molecule has 15 heteroatoms. The van der Waals surface area contributed by atoms with Crippen LogP contribution >= 0.6 is 46.4 Å². The predicted molar refractivity (Wildman–Crippen MR) is 217 cm³/mol. The van der Waals surface area contributed by atoms with Crippen molar-refractivity contribution in [2.45, 2.75) is 76.7 Å². The molecule has 0 aliphatic carbocycles. The van der Waals surface area contributed by atoms with Crippen molar-refractivity contribution in [1.29, 1.82) is 0 Å². The van der Waals surface area contributed by atoms with Crippen molar-refractivity contribution in [1.82, 2.24) is 15.1 Å². The first-order valence-electron chi connectivity index (χ1n) is 15.7. The molecule has 0 saturated carbocycles. The van der Waals surface area contributed by atoms with Gasteiger partial charge in [-0.1, -0.05) is 70.7 Å². The molecule has 2 aromatic rings. The van der Waals surface area contributed by atoms with Crippen molar-refractivity contribution in [2.24, 2.45) is 4.99 Å². The van der Waals surface area contributed by atoms with E-state index in [1.54, 1.807) is 68.7 Å². The first-order valence-corrected chi connectivity index (χ1v) is 17.2. The molecule has 0 fully saturated rings. The van der Waals surface area contributed by atoms with Crippen molar-refractivity contribution >= 4 is 73.2 Å². The van der Waals surface area contributed by atoms with Gasteiger partial charge >= 0.3 is 41.7 Å². The van der Waals surface area contributed by atoms with E-state index in [9.17, 15) is 9.59 Å². The van der Waals surface area contributed by atoms with Crippen molar-refractivity contribution in [3.8, 4) is 0 Å². The number of aliphatic hydroxyl groups excluding tert-OH is 1. The van der Waals surface area contributed by atoms with Gasteiger partial charge in [-0.2, -0.15) is 0 Å². The Morgan fingerprint density at radius 1 is 0.808 bits per heavy atom. The molecule has 0 aromatic heterocycles. The molecule has 0 bridgehead atoms. The number of benzene rings is 2. The summed E-state index contributed by atoms with van der Waals surface area (Å²) >= 11 is 24.4. The number of carbonyl (C=O) groups is 2. The van der Waals surface area contributed by atoms with E-state index in [4.69, 9.17) is 61.0 Å². The number of aliphatic imine (C=N–C) groups is 1. The van der Waals surface area contributed by atoms with E-state index in [1.807, 2.05) is 60.7 Å². The summed E-state index contributed by atoms with van der Waals surface area (Å²) in [6.07, 6.45) is 5.30. The maximum atomic E-state index is 12.7. The summed E-state index contributed by atoms with van der Waals surface area (Å²) in [5.41, 5.74) is -1.11. The third kappa shape index (κ3) is 15.9. The summed E-state index contributed by atoms with van der Waals surface area (Å²) in [7, 11) is 7.87. The zero-order valence-electron chi connectivity index (χ0n) is 33.7. The van der Waals surface area contributed by atoms with Crippen LogP contribution in [0.1, 0.15) is 66.9 Å². The van der Waals surface area contributed by atoms with Crippen molar-refractivity contribution in [3.63, 3.8) is 0 Å². The van der Waals surface area contributed by atoms with E-state index >= 15 is 0 Å². The number of aliphatic hydroxyl groups is 1. The molecule has 2 aromatic carbocycles. The van der Waals surface area contributed by atoms with Crippen LogP contribution in [0.5, 0.6) is 0 Å². The van der Waals surface area contributed by atoms with Gasteiger partial charge in [0.15, 0.2) is 0 Å². The Bertz CT molecular complexity index is 1480. The van der Waals surface area contributed by atoms with E-state index in [1.165, 1.54) is 4.90 Å². The molecule has 9 nitrogen and oxygen atoms in total. The average molecular weight is 811 g/mol. The van der Waals surface area contributed by atoms with Crippen LogP contribution in [-0.4, -0.2) is 94.8 Å². The summed E-state index contributed by atoms with van der Waals surface area (Å²) in [5.74, 6) is 0. The van der Waals surface area contributed by atoms with Gasteiger partial charge in [0.05, 0.1) is 25.6 Å². The molecule has 52 heavy (non-hydrogen) atoms. The van der Waals surface area contributed by atoms with E-state index in [0.717, 1.165) is 18.2 Å². The largest absolute Gasteiger partial charge is 1.00 e. The monoisotopic (exact) mass is 809 g/mol. The number of hydrogen-bond donors (Lipinski definition) is 2. The number of hydrogen-bond acceptors (Lipinski definition) is 7. The fourth-order valence-electron chi connectivity index (χ4n) is 4.92. The van der Waals surface area contributed by atoms with E-state index in [0.29, 0.717) is 39.5 Å². The van der Waals surface area contributed by atoms with Crippen molar-refractivity contribution in [2.75, 3.05) is 41.8 Å². The molecule has 2 rings (SSSR count). The normalized spacial score (nSPS) is 13.2. The molecule has 2 atom stereocenters. The molecule has 0 heterocycles. The molecule has 0 unspecified atom stereocenters. The molecule has 2 N–H and O–H groups in total. The number of halogens is 4. The van der Waals surface area contributed by atoms with Gasteiger partial charge in [-0.3, -0.25) is 14.8 Å². The van der Waals surface area contributed by atoms with Gasteiger partial charge in [0.25, 0.3) is 0 Å². The second-order valence-corrected chi connectivity index (χ2v) is 14.8. The summed E-state index contributed by atoms with van der Waals surface area (Å²) in [5, 5.41) is 11.9. The summed E-state index contributed by atoms with van der Waals surface area (Å²) < 4.78 is 11.0. The number of likely N-dealkylation sites (N-methyl/N-ethyl adjacent to an activating group) is 2. The molecule has 0 aliphatic rings. The molecule has 0 aliphatic heterocycles. The number of carbonyl (C=O) groups excluding carboxylic acids is 2. The second kappa shape index (κ2) is 24.6. The zero-order valence-corrected chi connectivity index (χ0v) is 37.8. The fourth-order valence-corrected chi connectivity index (χ4v) is 5.51. The molecule has 0 saturated heterocycles. The first kappa shape index (κ1) is 54.6. The maximum absolute atomic E-state index is 12.7. The van der Waals surface area contributed by atoms with Crippen LogP contribution in [0.3, 0.4) is 0 Å². The van der Waals surface area contributed by atoms with Crippen LogP contribution in [0.15, 0.2) is 66.7 Å². The first-order chi connectivity index (χ1) is 23.1. The molecule has 3 radical (unpaired) electrons. The number of nitrogens with zero attached hydrogens (tertiary/aromatic N) is 3. The third-order valence-corrected chi connectivity index (χ3v) is 8.68. The van der Waals surface area contributed by atoms with Crippen LogP contribution in [-0.2, 0) is 20.6 Å². The summed E-state index contributed by atoms with van der Waals surface area (Å²) in [6, 6.07) is 10.6. The molecular weight excluding hydrogens is 756 g/mol. The number of nitrogens with one attached hydrogen (secondary N) is 1. The Balaban J connectivity index is -0.000000410. The zero-order chi connectivity index (χ0) is 39.1. The number of rotatable bonds is 11. The molecule has 2 amide bonds. The van der Waals surface area contributed by atoms with Crippen LogP contribution in [0, 0.1) is 0 Å². The Labute approximate surface area is 357 Å². The minimum atomic E-state index is -0.868. The van der Waals surface area contributed by atoms with Crippen molar-refractivity contribution in [3.05, 3.63) is 92.9 Å². The van der Waals surface area contributed by atoms with Gasteiger partial charge in [-0.05, 0) is 96.8 Å². The topological polar surface area (TPSA) is 104 Å². The Hall–Kier alpha value is -1.73. The molecule has 0 spiro atoms. The third-order valence-electron chi connectivity index (χ3n) is 7.20. The Kier molecular flexibility index (Phi) is 25.9. The Morgan fingerprint density at radius 2 is 1.21 bits per heavy atom. The van der Waals surface area contributed by atoms with Gasteiger partial charge in [0, 0.05) is 49.4 Å². The van der Waals surface area contributed by atoms with Gasteiger partial charge in [-0.25, -0.2) is 9.59 Å². The van der Waals surface area contributed by atoms with Crippen LogP contribution in [0.25, 0.3) is 0 Å². The quantitative estimate of drug-likeness (QED) is 0.152. The van der Waals surface area contributed by atoms with E-state index in [-0.39, 0.29) is 39.4 Å². The smallest absolute Gasteiger partial charge is 1.00 e. The van der Waals surface area contributed by atoms with Crippen LogP contribution in [0.4, 0.5) is 9.59 Å². The minimum Gasteiger partial charge on any atom is -1.00 e. The van der Waals surface area contributed by atoms with E-state index in [2.05, 4.69) is 23.5 Å². The number of amides is 2. The van der Waals surface area contributed by atoms with Crippen LogP contribution < -0.4 is 34.9 Å². The summed E-state index contributed by atoms with van der Waals surface area (Å²) in [4.78, 5) is 32.5. The standard InChI is InChI=1S/C18H26Cl2N2O2.C18H24Cl2N2O2.CH4O.B.Na.H/c2*1-7-10-18(12-21-5,13-8-9-14(19)15(20)11-13)22(6)16(23)24-17(2,3)4;1-2;;;/h7-9,11,21H,1,10,12H2,2-6H3;7-9,11-12H,1,10H2,2-6H3;2H,1H3;;;/q;;;;+1;-1/t2*18-;;;;/m11..../s1. The minimum absolute atomic E-state index is 0. The van der Waals surface area contributed by atoms with Gasteiger partial charge in [0.2, 0.25) is 0 Å². The average Bonchev–Trinajstić information content (AvgIpc) is 3.02. The van der Waals surface area contributed by atoms with Gasteiger partial charge < -0.3 is 21.3 Å². The predicted octanol–water partition coefficient (Wildman–Crippen LogP) is 6.53.